The summed E-state index contributed by atoms with van der Waals surface area (Å²) < 4.78 is 23.6. The maximum atomic E-state index is 13.0. The molecule has 0 spiro atoms. The molecular weight excluding hydrogens is 468 g/mol. The molecule has 0 bridgehead atoms. The number of hydrogen-bond donors (Lipinski definition) is 0. The Kier molecular flexibility index (Phi) is 5.62. The summed E-state index contributed by atoms with van der Waals surface area (Å²) in [5.74, 6) is -0.906. The molecule has 8 nitrogen and oxygen atoms in total. The number of nitrogens with zero attached hydrogens (tertiary/aromatic N) is 4. The molecule has 0 aliphatic carbocycles. The number of sulfone groups is 1. The van der Waals surface area contributed by atoms with Gasteiger partial charge in [-0.3, -0.25) is 14.6 Å². The molecule has 0 unspecified atom stereocenters. The molecule has 4 heterocycles. The number of hydrazine groups is 1. The highest BCUT2D eigenvalue weighted by molar-refractivity contribution is 7.91. The van der Waals surface area contributed by atoms with E-state index in [0.29, 0.717) is 24.5 Å². The zero-order valence-corrected chi connectivity index (χ0v) is 18.8. The lowest BCUT2D eigenvalue weighted by Gasteiger charge is -2.27. The second-order valence-electron chi connectivity index (χ2n) is 6.50. The van der Waals surface area contributed by atoms with Crippen molar-refractivity contribution in [1.29, 1.82) is 0 Å². The van der Waals surface area contributed by atoms with E-state index < -0.39 is 21.7 Å². The maximum absolute atomic E-state index is 13.0. The van der Waals surface area contributed by atoms with Crippen LogP contribution in [0, 0.1) is 0 Å². The molecule has 0 aromatic carbocycles. The third kappa shape index (κ3) is 3.85. The van der Waals surface area contributed by atoms with Gasteiger partial charge >= 0.3 is 0 Å². The average Bonchev–Trinajstić information content (AvgIpc) is 3.46. The summed E-state index contributed by atoms with van der Waals surface area (Å²) in [7, 11) is -3.55. The predicted octanol–water partition coefficient (Wildman–Crippen LogP) is 3.23. The zero-order chi connectivity index (χ0) is 21.5. The number of thiophene rings is 1. The van der Waals surface area contributed by atoms with Crippen molar-refractivity contribution in [1.82, 2.24) is 20.0 Å². The van der Waals surface area contributed by atoms with Crippen LogP contribution in [0.4, 0.5) is 0 Å². The summed E-state index contributed by atoms with van der Waals surface area (Å²) in [4.78, 5) is 34.5. The highest BCUT2D eigenvalue weighted by atomic mass is 35.5. The van der Waals surface area contributed by atoms with Gasteiger partial charge in [-0.25, -0.2) is 23.4 Å². The Morgan fingerprint density at radius 2 is 1.87 bits per heavy atom. The number of carbonyl (C=O) groups excluding carboxylic acids is 2. The molecule has 0 radical (unpaired) electrons. The van der Waals surface area contributed by atoms with Gasteiger partial charge < -0.3 is 0 Å². The third-order valence-electron chi connectivity index (χ3n) is 4.43. The van der Waals surface area contributed by atoms with Crippen molar-refractivity contribution in [2.45, 2.75) is 11.3 Å². The predicted molar refractivity (Wildman–Crippen MR) is 114 cm³/mol. The van der Waals surface area contributed by atoms with E-state index in [1.807, 2.05) is 6.07 Å². The molecule has 1 fully saturated rings. The van der Waals surface area contributed by atoms with Crippen molar-refractivity contribution in [3.05, 3.63) is 50.9 Å². The van der Waals surface area contributed by atoms with Gasteiger partial charge in [0.1, 0.15) is 15.6 Å². The quantitative estimate of drug-likeness (QED) is 0.566. The monoisotopic (exact) mass is 482 g/mol. The smallest absolute Gasteiger partial charge is 0.266 e. The molecule has 1 aliphatic rings. The minimum atomic E-state index is -3.55. The van der Waals surface area contributed by atoms with Crippen LogP contribution in [0.5, 0.6) is 0 Å². The maximum Gasteiger partial charge on any atom is 0.291 e. The topological polar surface area (TPSA) is 101 Å². The summed E-state index contributed by atoms with van der Waals surface area (Å²) >= 11 is 8.43. The Morgan fingerprint density at radius 1 is 1.13 bits per heavy atom. The Labute approximate surface area is 185 Å². The summed E-state index contributed by atoms with van der Waals surface area (Å²) in [6.45, 7) is 0.679. The SMILES string of the molecule is CS(=O)(=O)c1csc(C(=O)N2CCCN2C(=O)c2csc(-c3cccnc3)n2)c1Cl. The van der Waals surface area contributed by atoms with E-state index in [1.54, 1.807) is 23.8 Å². The highest BCUT2D eigenvalue weighted by Crippen LogP contribution is 2.33. The van der Waals surface area contributed by atoms with Gasteiger partial charge in [-0.1, -0.05) is 11.6 Å². The lowest BCUT2D eigenvalue weighted by molar-refractivity contribution is 0.0186. The number of amides is 2. The van der Waals surface area contributed by atoms with Crippen LogP contribution >= 0.6 is 34.3 Å². The molecule has 0 saturated carbocycles. The minimum absolute atomic E-state index is 0.0878. The summed E-state index contributed by atoms with van der Waals surface area (Å²) in [5, 5.41) is 6.16. The first-order valence-corrected chi connectivity index (χ1v) is 12.8. The summed E-state index contributed by atoms with van der Waals surface area (Å²) in [6, 6.07) is 3.64. The van der Waals surface area contributed by atoms with Crippen LogP contribution in [0.3, 0.4) is 0 Å². The van der Waals surface area contributed by atoms with E-state index >= 15 is 0 Å². The van der Waals surface area contributed by atoms with E-state index in [2.05, 4.69) is 9.97 Å². The number of hydrogen-bond acceptors (Lipinski definition) is 8. The van der Waals surface area contributed by atoms with Crippen LogP contribution in [0.1, 0.15) is 26.6 Å². The molecule has 3 aromatic heterocycles. The molecule has 2 amide bonds. The molecule has 30 heavy (non-hydrogen) atoms. The summed E-state index contributed by atoms with van der Waals surface area (Å²) in [6.07, 6.45) is 4.95. The van der Waals surface area contributed by atoms with Crippen LogP contribution in [0.15, 0.2) is 40.2 Å². The molecule has 1 saturated heterocycles. The first-order valence-electron chi connectivity index (χ1n) is 8.74. The van der Waals surface area contributed by atoms with Crippen molar-refractivity contribution < 1.29 is 18.0 Å². The number of rotatable bonds is 4. The van der Waals surface area contributed by atoms with Crippen LogP contribution in [0.2, 0.25) is 5.02 Å². The van der Waals surface area contributed by atoms with E-state index in [-0.39, 0.29) is 20.5 Å². The Morgan fingerprint density at radius 3 is 2.50 bits per heavy atom. The van der Waals surface area contributed by atoms with Crippen molar-refractivity contribution >= 4 is 55.9 Å². The molecule has 156 valence electrons. The molecular formula is C18H15ClN4O4S3. The second kappa shape index (κ2) is 8.06. The Hall–Kier alpha value is -2.34. The minimum Gasteiger partial charge on any atom is -0.266 e. The van der Waals surface area contributed by atoms with Crippen molar-refractivity contribution in [3.8, 4) is 10.6 Å². The zero-order valence-electron chi connectivity index (χ0n) is 15.6. The first kappa shape index (κ1) is 20.9. The highest BCUT2D eigenvalue weighted by Gasteiger charge is 2.35. The second-order valence-corrected chi connectivity index (χ2v) is 10.6. The molecule has 3 aromatic rings. The van der Waals surface area contributed by atoms with Gasteiger partial charge in [0.05, 0.1) is 9.92 Å². The standard InChI is InChI=1S/C18H15ClN4O4S3/c1-30(26,27)13-10-28-15(14(13)19)18(25)23-7-3-6-22(23)17(24)12-9-29-16(21-12)11-4-2-5-20-8-11/h2,4-5,8-10H,3,6-7H2,1H3. The fourth-order valence-corrected chi connectivity index (χ4v) is 6.64. The molecule has 12 heteroatoms. The summed E-state index contributed by atoms with van der Waals surface area (Å²) in [5.41, 5.74) is 1.03. The Balaban J connectivity index is 1.58. The number of thiazole rings is 1. The van der Waals surface area contributed by atoms with Gasteiger partial charge in [0.2, 0.25) is 0 Å². The van der Waals surface area contributed by atoms with Gasteiger partial charge in [0.15, 0.2) is 9.84 Å². The molecule has 4 rings (SSSR count). The van der Waals surface area contributed by atoms with Crippen LogP contribution in [-0.4, -0.2) is 59.6 Å². The molecule has 1 aliphatic heterocycles. The van der Waals surface area contributed by atoms with E-state index in [0.717, 1.165) is 23.2 Å². The molecule has 0 N–H and O–H groups in total. The van der Waals surface area contributed by atoms with Crippen molar-refractivity contribution in [3.63, 3.8) is 0 Å². The Bertz CT molecular complexity index is 1220. The van der Waals surface area contributed by atoms with Gasteiger partial charge in [-0.2, -0.15) is 0 Å². The van der Waals surface area contributed by atoms with Crippen LogP contribution in [-0.2, 0) is 9.84 Å². The van der Waals surface area contributed by atoms with Crippen molar-refractivity contribution in [2.24, 2.45) is 0 Å². The fraction of sp³-hybridized carbons (Fsp3) is 0.222. The first-order chi connectivity index (χ1) is 14.3. The molecule has 0 atom stereocenters. The number of carbonyl (C=O) groups is 2. The van der Waals surface area contributed by atoms with Gasteiger partial charge in [0.25, 0.3) is 11.8 Å². The van der Waals surface area contributed by atoms with Gasteiger partial charge in [0, 0.05) is 48.1 Å². The van der Waals surface area contributed by atoms with E-state index in [1.165, 1.54) is 26.7 Å². The van der Waals surface area contributed by atoms with Crippen LogP contribution in [0.25, 0.3) is 10.6 Å². The lowest BCUT2D eigenvalue weighted by atomic mass is 10.3. The third-order valence-corrected chi connectivity index (χ3v) is 8.17. The average molecular weight is 483 g/mol. The normalized spacial score (nSPS) is 14.3. The number of halogens is 1. The van der Waals surface area contributed by atoms with Crippen molar-refractivity contribution in [2.75, 3.05) is 19.3 Å². The van der Waals surface area contributed by atoms with Gasteiger partial charge in [-0.05, 0) is 18.6 Å². The van der Waals surface area contributed by atoms with Crippen LogP contribution < -0.4 is 0 Å². The fourth-order valence-electron chi connectivity index (χ4n) is 3.00. The largest absolute Gasteiger partial charge is 0.291 e. The van der Waals surface area contributed by atoms with E-state index in [9.17, 15) is 18.0 Å². The number of aromatic nitrogens is 2. The van der Waals surface area contributed by atoms with E-state index in [4.69, 9.17) is 11.6 Å². The lowest BCUT2D eigenvalue weighted by Crippen LogP contribution is -2.44. The number of pyridine rings is 1. The van der Waals surface area contributed by atoms with Gasteiger partial charge in [-0.15, -0.1) is 22.7 Å².